The Bertz CT molecular complexity index is 724. The minimum atomic E-state index is -0.453. The lowest BCUT2D eigenvalue weighted by Gasteiger charge is -2.19. The van der Waals surface area contributed by atoms with E-state index in [1.807, 2.05) is 13.0 Å². The van der Waals surface area contributed by atoms with Gasteiger partial charge < -0.3 is 19.7 Å². The van der Waals surface area contributed by atoms with Crippen LogP contribution >= 0.6 is 0 Å². The summed E-state index contributed by atoms with van der Waals surface area (Å²) >= 11 is 0. The fraction of sp³-hybridized carbons (Fsp3) is 0.333. The number of ether oxygens (including phenoxy) is 2. The van der Waals surface area contributed by atoms with E-state index in [4.69, 9.17) is 9.47 Å². The number of nitrogens with zero attached hydrogens (tertiary/aromatic N) is 2. The van der Waals surface area contributed by atoms with Gasteiger partial charge in [-0.25, -0.2) is 14.2 Å². The van der Waals surface area contributed by atoms with Crippen LogP contribution in [0.1, 0.15) is 18.1 Å². The van der Waals surface area contributed by atoms with Gasteiger partial charge in [0.2, 0.25) is 5.88 Å². The first-order chi connectivity index (χ1) is 12.0. The summed E-state index contributed by atoms with van der Waals surface area (Å²) in [5, 5.41) is 2.80. The smallest absolute Gasteiger partial charge is 0.317 e. The van der Waals surface area contributed by atoms with Crippen LogP contribution in [-0.2, 0) is 13.1 Å². The molecule has 0 aliphatic heterocycles. The third kappa shape index (κ3) is 5.07. The van der Waals surface area contributed by atoms with E-state index >= 15 is 0 Å². The zero-order valence-corrected chi connectivity index (χ0v) is 14.6. The van der Waals surface area contributed by atoms with Crippen molar-refractivity contribution in [2.24, 2.45) is 0 Å². The van der Waals surface area contributed by atoms with Crippen LogP contribution < -0.4 is 14.8 Å². The molecule has 2 aromatic rings. The van der Waals surface area contributed by atoms with Gasteiger partial charge in [0, 0.05) is 31.9 Å². The van der Waals surface area contributed by atoms with Crippen LogP contribution in [0.25, 0.3) is 0 Å². The Morgan fingerprint density at radius 2 is 2.16 bits per heavy atom. The first-order valence-corrected chi connectivity index (χ1v) is 7.93. The van der Waals surface area contributed by atoms with Gasteiger partial charge in [0.1, 0.15) is 0 Å². The fourth-order valence-corrected chi connectivity index (χ4v) is 2.29. The van der Waals surface area contributed by atoms with Crippen LogP contribution in [0.2, 0.25) is 0 Å². The molecule has 1 heterocycles. The highest BCUT2D eigenvalue weighted by molar-refractivity contribution is 5.73. The van der Waals surface area contributed by atoms with Crippen molar-refractivity contribution in [2.75, 3.05) is 20.8 Å². The molecule has 1 aromatic heterocycles. The molecule has 0 bridgehead atoms. The minimum Gasteiger partial charge on any atom is -0.494 e. The number of methoxy groups -OCH3 is 1. The molecule has 0 saturated heterocycles. The van der Waals surface area contributed by atoms with Gasteiger partial charge in [-0.1, -0.05) is 12.1 Å². The Labute approximate surface area is 146 Å². The van der Waals surface area contributed by atoms with Crippen molar-refractivity contribution in [3.05, 3.63) is 53.5 Å². The number of nitrogens with one attached hydrogen (secondary N) is 1. The van der Waals surface area contributed by atoms with Crippen LogP contribution in [-0.4, -0.2) is 36.7 Å². The van der Waals surface area contributed by atoms with E-state index in [2.05, 4.69) is 10.3 Å². The first-order valence-electron chi connectivity index (χ1n) is 7.93. The molecule has 0 aliphatic rings. The van der Waals surface area contributed by atoms with Gasteiger partial charge in [-0.05, 0) is 30.7 Å². The lowest BCUT2D eigenvalue weighted by atomic mass is 10.2. The van der Waals surface area contributed by atoms with Crippen LogP contribution in [0.5, 0.6) is 11.6 Å². The van der Waals surface area contributed by atoms with Crippen molar-refractivity contribution >= 4 is 6.03 Å². The third-order valence-corrected chi connectivity index (χ3v) is 3.54. The second-order valence-corrected chi connectivity index (χ2v) is 5.38. The number of amides is 2. The number of carbonyl (C=O) groups excluding carboxylic acids is 1. The SMILES string of the molecule is CCOc1ncccc1CNC(=O)N(C)Cc1ccc(OC)c(F)c1. The van der Waals surface area contributed by atoms with Gasteiger partial charge >= 0.3 is 6.03 Å². The van der Waals surface area contributed by atoms with E-state index in [1.54, 1.807) is 31.4 Å². The first kappa shape index (κ1) is 18.5. The summed E-state index contributed by atoms with van der Waals surface area (Å²) in [6.07, 6.45) is 1.64. The number of urea groups is 1. The van der Waals surface area contributed by atoms with Crippen molar-refractivity contribution in [1.82, 2.24) is 15.2 Å². The molecule has 0 atom stereocenters. The molecule has 6 nitrogen and oxygen atoms in total. The molecule has 1 aromatic carbocycles. The quantitative estimate of drug-likeness (QED) is 0.836. The number of hydrogen-bond donors (Lipinski definition) is 1. The highest BCUT2D eigenvalue weighted by Crippen LogP contribution is 2.18. The largest absolute Gasteiger partial charge is 0.494 e. The summed E-state index contributed by atoms with van der Waals surface area (Å²) in [7, 11) is 3.05. The van der Waals surface area contributed by atoms with Gasteiger partial charge in [0.25, 0.3) is 0 Å². The lowest BCUT2D eigenvalue weighted by Crippen LogP contribution is -2.36. The van der Waals surface area contributed by atoms with Gasteiger partial charge in [-0.2, -0.15) is 0 Å². The second-order valence-electron chi connectivity index (χ2n) is 5.38. The Morgan fingerprint density at radius 1 is 1.36 bits per heavy atom. The summed E-state index contributed by atoms with van der Waals surface area (Å²) < 4.78 is 24.0. The molecule has 0 aliphatic carbocycles. The molecule has 1 N–H and O–H groups in total. The van der Waals surface area contributed by atoms with Crippen molar-refractivity contribution in [1.29, 1.82) is 0 Å². The Hall–Kier alpha value is -2.83. The predicted octanol–water partition coefficient (Wildman–Crippen LogP) is 2.97. The van der Waals surface area contributed by atoms with E-state index in [9.17, 15) is 9.18 Å². The van der Waals surface area contributed by atoms with Gasteiger partial charge in [0.05, 0.1) is 13.7 Å². The maximum absolute atomic E-state index is 13.7. The highest BCUT2D eigenvalue weighted by Gasteiger charge is 2.12. The number of benzene rings is 1. The lowest BCUT2D eigenvalue weighted by molar-refractivity contribution is 0.206. The monoisotopic (exact) mass is 347 g/mol. The molecule has 7 heteroatoms. The van der Waals surface area contributed by atoms with Crippen LogP contribution in [0.3, 0.4) is 0 Å². The molecule has 2 rings (SSSR count). The topological polar surface area (TPSA) is 63.7 Å². The number of pyridine rings is 1. The summed E-state index contributed by atoms with van der Waals surface area (Å²) in [6, 6.07) is 7.98. The highest BCUT2D eigenvalue weighted by atomic mass is 19.1. The van der Waals surface area contributed by atoms with Gasteiger partial charge in [-0.15, -0.1) is 0 Å². The van der Waals surface area contributed by atoms with Crippen LogP contribution in [0, 0.1) is 5.82 Å². The molecular weight excluding hydrogens is 325 g/mol. The van der Waals surface area contributed by atoms with Crippen molar-refractivity contribution in [3.8, 4) is 11.6 Å². The molecule has 2 amide bonds. The fourth-order valence-electron chi connectivity index (χ4n) is 2.29. The van der Waals surface area contributed by atoms with Gasteiger partial charge in [0.15, 0.2) is 11.6 Å². The molecule has 0 unspecified atom stereocenters. The Balaban J connectivity index is 1.93. The molecular formula is C18H22FN3O3. The van der Waals surface area contributed by atoms with Crippen molar-refractivity contribution < 1.29 is 18.7 Å². The molecule has 0 spiro atoms. The maximum Gasteiger partial charge on any atom is 0.317 e. The van der Waals surface area contributed by atoms with E-state index < -0.39 is 5.82 Å². The normalized spacial score (nSPS) is 10.2. The van der Waals surface area contributed by atoms with Gasteiger partial charge in [-0.3, -0.25) is 0 Å². The molecule has 0 saturated carbocycles. The predicted molar refractivity (Wildman–Crippen MR) is 92.1 cm³/mol. The summed E-state index contributed by atoms with van der Waals surface area (Å²) in [5.41, 5.74) is 1.47. The molecule has 25 heavy (non-hydrogen) atoms. The Morgan fingerprint density at radius 3 is 2.84 bits per heavy atom. The zero-order chi connectivity index (χ0) is 18.2. The van der Waals surface area contributed by atoms with E-state index in [-0.39, 0.29) is 18.3 Å². The maximum atomic E-state index is 13.7. The number of halogens is 1. The van der Waals surface area contributed by atoms with E-state index in [0.717, 1.165) is 5.56 Å². The van der Waals surface area contributed by atoms with E-state index in [1.165, 1.54) is 18.1 Å². The average Bonchev–Trinajstić information content (AvgIpc) is 2.61. The van der Waals surface area contributed by atoms with Crippen LogP contribution in [0.4, 0.5) is 9.18 Å². The zero-order valence-electron chi connectivity index (χ0n) is 14.6. The standard InChI is InChI=1S/C18H22FN3O3/c1-4-25-17-14(6-5-9-20-17)11-21-18(23)22(2)12-13-7-8-16(24-3)15(19)10-13/h5-10H,4,11-12H2,1-3H3,(H,21,23). The van der Waals surface area contributed by atoms with E-state index in [0.29, 0.717) is 24.6 Å². The summed E-state index contributed by atoms with van der Waals surface area (Å²) in [4.78, 5) is 17.8. The molecule has 134 valence electrons. The molecule has 0 fully saturated rings. The number of aromatic nitrogens is 1. The average molecular weight is 347 g/mol. The summed E-state index contributed by atoms with van der Waals surface area (Å²) in [6.45, 7) is 2.95. The van der Waals surface area contributed by atoms with Crippen molar-refractivity contribution in [2.45, 2.75) is 20.0 Å². The number of carbonyl (C=O) groups is 1. The number of rotatable bonds is 7. The summed E-state index contributed by atoms with van der Waals surface area (Å²) in [5.74, 6) is 0.228. The second kappa shape index (κ2) is 8.86. The molecule has 0 radical (unpaired) electrons. The Kier molecular flexibility index (Phi) is 6.56. The third-order valence-electron chi connectivity index (χ3n) is 3.54. The minimum absolute atomic E-state index is 0.177. The number of hydrogen-bond acceptors (Lipinski definition) is 4. The van der Waals surface area contributed by atoms with Crippen LogP contribution in [0.15, 0.2) is 36.5 Å². The van der Waals surface area contributed by atoms with Crippen molar-refractivity contribution in [3.63, 3.8) is 0 Å².